The third-order valence-corrected chi connectivity index (χ3v) is 5.49. The number of halogens is 2. The minimum absolute atomic E-state index is 0.234. The van der Waals surface area contributed by atoms with Crippen LogP contribution in [0.2, 0.25) is 0 Å². The average molecular weight is 424 g/mol. The topological polar surface area (TPSA) is 119 Å². The Morgan fingerprint density at radius 1 is 1.16 bits per heavy atom. The van der Waals surface area contributed by atoms with Crippen LogP contribution in [0, 0.1) is 11.6 Å². The highest BCUT2D eigenvalue weighted by Crippen LogP contribution is 2.36. The number of hydrogen-bond acceptors (Lipinski definition) is 6. The maximum Gasteiger partial charge on any atom is 0.254 e. The minimum atomic E-state index is -0.961. The molecule has 160 valence electrons. The van der Waals surface area contributed by atoms with Gasteiger partial charge < -0.3 is 22.1 Å². The molecule has 0 spiro atoms. The van der Waals surface area contributed by atoms with Crippen LogP contribution in [0.25, 0.3) is 11.1 Å². The molecular weight excluding hydrogens is 402 g/mol. The summed E-state index contributed by atoms with van der Waals surface area (Å²) in [5.41, 5.74) is 13.4. The lowest BCUT2D eigenvalue weighted by atomic mass is 9.84. The summed E-state index contributed by atoms with van der Waals surface area (Å²) in [6, 6.07) is 11.3. The number of nitrogens with zero attached hydrogens (tertiary/aromatic N) is 2. The Morgan fingerprint density at radius 3 is 2.61 bits per heavy atom. The fraction of sp³-hybridized carbons (Fsp3) is 0.227. The number of amides is 1. The van der Waals surface area contributed by atoms with Crippen LogP contribution in [0.5, 0.6) is 0 Å². The van der Waals surface area contributed by atoms with Crippen molar-refractivity contribution in [2.75, 3.05) is 18.8 Å². The fourth-order valence-electron chi connectivity index (χ4n) is 3.88. The molecule has 0 saturated carbocycles. The Hall–Kier alpha value is -3.43. The number of aromatic nitrogens is 2. The molecule has 7 nitrogen and oxygen atoms in total. The van der Waals surface area contributed by atoms with E-state index in [0.29, 0.717) is 36.8 Å². The average Bonchev–Trinajstić information content (AvgIpc) is 3.19. The first-order valence-corrected chi connectivity index (χ1v) is 9.80. The molecule has 6 N–H and O–H groups in total. The first kappa shape index (κ1) is 20.8. The van der Waals surface area contributed by atoms with Crippen molar-refractivity contribution in [2.24, 2.45) is 5.73 Å². The second-order valence-electron chi connectivity index (χ2n) is 7.58. The molecule has 0 bridgehead atoms. The normalized spacial score (nSPS) is 19.2. The zero-order valence-corrected chi connectivity index (χ0v) is 16.6. The van der Waals surface area contributed by atoms with E-state index in [1.54, 1.807) is 0 Å². The fourth-order valence-corrected chi connectivity index (χ4v) is 3.88. The van der Waals surface area contributed by atoms with Crippen molar-refractivity contribution < 1.29 is 13.6 Å². The highest BCUT2D eigenvalue weighted by molar-refractivity contribution is 5.95. The molecule has 2 heterocycles. The van der Waals surface area contributed by atoms with Crippen LogP contribution < -0.4 is 22.1 Å². The van der Waals surface area contributed by atoms with E-state index >= 15 is 0 Å². The van der Waals surface area contributed by atoms with Crippen molar-refractivity contribution in [1.82, 2.24) is 20.6 Å². The number of nitrogens with two attached hydrogens (primary N) is 2. The second-order valence-corrected chi connectivity index (χ2v) is 7.58. The SMILES string of the molecule is Nc1ncnc(C(NC(=O)c2ccc(F)cc2F)C2(N)CCNC2)c1-c1ccccc1. The first-order chi connectivity index (χ1) is 14.9. The van der Waals surface area contributed by atoms with E-state index in [-0.39, 0.29) is 11.4 Å². The van der Waals surface area contributed by atoms with Gasteiger partial charge in [-0.1, -0.05) is 30.3 Å². The second kappa shape index (κ2) is 8.37. The molecule has 31 heavy (non-hydrogen) atoms. The number of carbonyl (C=O) groups excluding carboxylic acids is 1. The number of nitrogens with one attached hydrogen (secondary N) is 2. The summed E-state index contributed by atoms with van der Waals surface area (Å²) in [7, 11) is 0. The number of anilines is 1. The Kier molecular flexibility index (Phi) is 5.62. The quantitative estimate of drug-likeness (QED) is 0.498. The zero-order chi connectivity index (χ0) is 22.0. The van der Waals surface area contributed by atoms with E-state index in [2.05, 4.69) is 20.6 Å². The molecule has 1 aliphatic heterocycles. The van der Waals surface area contributed by atoms with Crippen LogP contribution in [0.15, 0.2) is 54.9 Å². The number of benzene rings is 2. The molecule has 2 unspecified atom stereocenters. The largest absolute Gasteiger partial charge is 0.383 e. The van der Waals surface area contributed by atoms with Gasteiger partial charge in [0.25, 0.3) is 5.91 Å². The summed E-state index contributed by atoms with van der Waals surface area (Å²) in [5, 5.41) is 6.01. The molecule has 2 atom stereocenters. The van der Waals surface area contributed by atoms with Gasteiger partial charge in [0.2, 0.25) is 0 Å². The molecule has 0 radical (unpaired) electrons. The molecular formula is C22H22F2N6O. The maximum absolute atomic E-state index is 14.2. The van der Waals surface area contributed by atoms with Crippen molar-refractivity contribution >= 4 is 11.7 Å². The van der Waals surface area contributed by atoms with Gasteiger partial charge in [-0.05, 0) is 30.7 Å². The highest BCUT2D eigenvalue weighted by Gasteiger charge is 2.42. The van der Waals surface area contributed by atoms with Gasteiger partial charge in [0.05, 0.1) is 22.8 Å². The molecule has 3 aromatic rings. The maximum atomic E-state index is 14.2. The standard InChI is InChI=1S/C22H22F2N6O/c23-14-6-7-15(16(24)10-14)21(31)30-19(22(26)8-9-27-11-22)18-17(20(25)29-12-28-18)13-4-2-1-3-5-13/h1-7,10,12,19,27H,8-9,11,26H2,(H,30,31)(H2,25,28,29). The Morgan fingerprint density at radius 2 is 1.94 bits per heavy atom. The smallest absolute Gasteiger partial charge is 0.254 e. The molecule has 4 rings (SSSR count). The minimum Gasteiger partial charge on any atom is -0.383 e. The number of rotatable bonds is 5. The van der Waals surface area contributed by atoms with Crippen LogP contribution >= 0.6 is 0 Å². The molecule has 1 fully saturated rings. The molecule has 1 amide bonds. The van der Waals surface area contributed by atoms with Crippen molar-refractivity contribution in [3.8, 4) is 11.1 Å². The summed E-state index contributed by atoms with van der Waals surface area (Å²) < 4.78 is 27.5. The van der Waals surface area contributed by atoms with Gasteiger partial charge in [0, 0.05) is 18.2 Å². The Labute approximate surface area is 177 Å². The summed E-state index contributed by atoms with van der Waals surface area (Å²) in [6.45, 7) is 1.05. The third-order valence-electron chi connectivity index (χ3n) is 5.49. The van der Waals surface area contributed by atoms with E-state index in [1.807, 2.05) is 30.3 Å². The van der Waals surface area contributed by atoms with Crippen molar-refractivity contribution in [1.29, 1.82) is 0 Å². The van der Waals surface area contributed by atoms with E-state index < -0.39 is 29.1 Å². The van der Waals surface area contributed by atoms with Crippen LogP contribution in [0.1, 0.15) is 28.5 Å². The monoisotopic (exact) mass is 424 g/mol. The van der Waals surface area contributed by atoms with Gasteiger partial charge in [0.1, 0.15) is 23.8 Å². The van der Waals surface area contributed by atoms with Crippen molar-refractivity contribution in [3.63, 3.8) is 0 Å². The number of nitrogen functional groups attached to an aromatic ring is 1. The molecule has 2 aromatic carbocycles. The van der Waals surface area contributed by atoms with E-state index in [9.17, 15) is 13.6 Å². The summed E-state index contributed by atoms with van der Waals surface area (Å²) in [5.74, 6) is -2.22. The van der Waals surface area contributed by atoms with Crippen molar-refractivity contribution in [2.45, 2.75) is 18.0 Å². The third kappa shape index (κ3) is 4.10. The predicted octanol–water partition coefficient (Wildman–Crippen LogP) is 2.17. The van der Waals surface area contributed by atoms with Crippen LogP contribution in [0.3, 0.4) is 0 Å². The number of hydrogen-bond donors (Lipinski definition) is 4. The van der Waals surface area contributed by atoms with Gasteiger partial charge >= 0.3 is 0 Å². The summed E-state index contributed by atoms with van der Waals surface area (Å²) >= 11 is 0. The van der Waals surface area contributed by atoms with Crippen LogP contribution in [-0.4, -0.2) is 34.5 Å². The molecule has 1 saturated heterocycles. The Bertz CT molecular complexity index is 1100. The lowest BCUT2D eigenvalue weighted by Crippen LogP contribution is -2.54. The molecule has 1 aromatic heterocycles. The van der Waals surface area contributed by atoms with E-state index in [4.69, 9.17) is 11.5 Å². The lowest BCUT2D eigenvalue weighted by Gasteiger charge is -2.34. The van der Waals surface area contributed by atoms with Crippen LogP contribution in [-0.2, 0) is 0 Å². The van der Waals surface area contributed by atoms with E-state index in [0.717, 1.165) is 17.7 Å². The molecule has 9 heteroatoms. The van der Waals surface area contributed by atoms with E-state index in [1.165, 1.54) is 6.33 Å². The first-order valence-electron chi connectivity index (χ1n) is 9.80. The molecule has 0 aliphatic carbocycles. The summed E-state index contributed by atoms with van der Waals surface area (Å²) in [6.07, 6.45) is 1.85. The van der Waals surface area contributed by atoms with Gasteiger partial charge in [0.15, 0.2) is 0 Å². The van der Waals surface area contributed by atoms with Gasteiger partial charge in [-0.15, -0.1) is 0 Å². The summed E-state index contributed by atoms with van der Waals surface area (Å²) in [4.78, 5) is 21.5. The lowest BCUT2D eigenvalue weighted by molar-refractivity contribution is 0.0910. The Balaban J connectivity index is 1.81. The predicted molar refractivity (Wildman–Crippen MR) is 113 cm³/mol. The zero-order valence-electron chi connectivity index (χ0n) is 16.6. The number of carbonyl (C=O) groups is 1. The van der Waals surface area contributed by atoms with Gasteiger partial charge in [-0.3, -0.25) is 4.79 Å². The van der Waals surface area contributed by atoms with Gasteiger partial charge in [-0.2, -0.15) is 0 Å². The highest BCUT2D eigenvalue weighted by atomic mass is 19.1. The molecule has 1 aliphatic rings. The van der Waals surface area contributed by atoms with Gasteiger partial charge in [-0.25, -0.2) is 18.7 Å². The van der Waals surface area contributed by atoms with Crippen LogP contribution in [0.4, 0.5) is 14.6 Å². The van der Waals surface area contributed by atoms with Crippen molar-refractivity contribution in [3.05, 3.63) is 77.8 Å².